The van der Waals surface area contributed by atoms with Gasteiger partial charge in [-0.3, -0.25) is 0 Å². The van der Waals surface area contributed by atoms with Crippen LogP contribution in [0, 0.1) is 11.6 Å². The Morgan fingerprint density at radius 3 is 2.60 bits per heavy atom. The first kappa shape index (κ1) is 13.9. The Morgan fingerprint density at radius 1 is 1.15 bits per heavy atom. The van der Waals surface area contributed by atoms with Gasteiger partial charge in [0.2, 0.25) is 11.8 Å². The molecule has 1 heterocycles. The fourth-order valence-corrected chi connectivity index (χ4v) is 1.37. The summed E-state index contributed by atoms with van der Waals surface area (Å²) in [4.78, 5) is 11.6. The highest BCUT2D eigenvalue weighted by Crippen LogP contribution is 2.24. The standard InChI is InChI=1S/C12H12F2N4O2/c1-3-15-10-16-11(19-2)18-12(17-10)20-8-6-4-5-7(13)9(8)14/h4-6H,3H2,1-2H3,(H,15,16,17,18). The highest BCUT2D eigenvalue weighted by molar-refractivity contribution is 5.31. The van der Waals surface area contributed by atoms with Crippen LogP contribution >= 0.6 is 0 Å². The second-order valence-electron chi connectivity index (χ2n) is 3.61. The van der Waals surface area contributed by atoms with Crippen LogP contribution in [0.1, 0.15) is 6.92 Å². The van der Waals surface area contributed by atoms with E-state index < -0.39 is 11.6 Å². The van der Waals surface area contributed by atoms with Crippen molar-refractivity contribution in [3.05, 3.63) is 29.8 Å². The summed E-state index contributed by atoms with van der Waals surface area (Å²) in [5.41, 5.74) is 0. The molecule has 0 aliphatic heterocycles. The van der Waals surface area contributed by atoms with Gasteiger partial charge in [-0.25, -0.2) is 4.39 Å². The number of nitrogens with zero attached hydrogens (tertiary/aromatic N) is 3. The molecule has 0 saturated carbocycles. The van der Waals surface area contributed by atoms with E-state index in [0.717, 1.165) is 6.07 Å². The second-order valence-corrected chi connectivity index (χ2v) is 3.61. The predicted octanol–water partition coefficient (Wildman–Crippen LogP) is 2.38. The van der Waals surface area contributed by atoms with Crippen LogP contribution in [0.2, 0.25) is 0 Å². The Hall–Kier alpha value is -2.51. The lowest BCUT2D eigenvalue weighted by atomic mass is 10.3. The molecule has 0 aliphatic carbocycles. The smallest absolute Gasteiger partial charge is 0.330 e. The first-order chi connectivity index (χ1) is 9.63. The van der Waals surface area contributed by atoms with E-state index in [4.69, 9.17) is 9.47 Å². The maximum Gasteiger partial charge on any atom is 0.330 e. The number of anilines is 1. The van der Waals surface area contributed by atoms with Crippen LogP contribution in [0.5, 0.6) is 17.8 Å². The van der Waals surface area contributed by atoms with Gasteiger partial charge in [-0.05, 0) is 19.1 Å². The van der Waals surface area contributed by atoms with Gasteiger partial charge in [-0.2, -0.15) is 14.4 Å². The molecule has 0 aliphatic rings. The van der Waals surface area contributed by atoms with Gasteiger partial charge >= 0.3 is 12.0 Å². The Morgan fingerprint density at radius 2 is 1.90 bits per heavy atom. The highest BCUT2D eigenvalue weighted by atomic mass is 19.2. The Labute approximate surface area is 113 Å². The number of hydrogen-bond acceptors (Lipinski definition) is 6. The van der Waals surface area contributed by atoms with E-state index in [9.17, 15) is 8.78 Å². The van der Waals surface area contributed by atoms with Crippen LogP contribution in [-0.2, 0) is 0 Å². The molecule has 106 valence electrons. The van der Waals surface area contributed by atoms with Gasteiger partial charge in [0.15, 0.2) is 11.6 Å². The quantitative estimate of drug-likeness (QED) is 0.908. The number of ether oxygens (including phenoxy) is 2. The summed E-state index contributed by atoms with van der Waals surface area (Å²) in [5, 5.41) is 2.84. The molecule has 6 nitrogen and oxygen atoms in total. The van der Waals surface area contributed by atoms with Crippen LogP contribution in [0.15, 0.2) is 18.2 Å². The molecule has 20 heavy (non-hydrogen) atoms. The number of nitrogens with one attached hydrogen (secondary N) is 1. The summed E-state index contributed by atoms with van der Waals surface area (Å²) < 4.78 is 36.6. The average molecular weight is 282 g/mol. The van der Waals surface area contributed by atoms with E-state index in [1.807, 2.05) is 6.92 Å². The van der Waals surface area contributed by atoms with Gasteiger partial charge in [0.25, 0.3) is 0 Å². The lowest BCUT2D eigenvalue weighted by Gasteiger charge is -2.08. The third kappa shape index (κ3) is 3.08. The van der Waals surface area contributed by atoms with Crippen molar-refractivity contribution in [3.63, 3.8) is 0 Å². The zero-order chi connectivity index (χ0) is 14.5. The molecule has 0 atom stereocenters. The van der Waals surface area contributed by atoms with E-state index in [2.05, 4.69) is 20.3 Å². The molecule has 0 radical (unpaired) electrons. The lowest BCUT2D eigenvalue weighted by molar-refractivity contribution is 0.351. The van der Waals surface area contributed by atoms with E-state index in [-0.39, 0.29) is 23.7 Å². The summed E-state index contributed by atoms with van der Waals surface area (Å²) in [6.45, 7) is 2.42. The highest BCUT2D eigenvalue weighted by Gasteiger charge is 2.13. The van der Waals surface area contributed by atoms with E-state index in [1.54, 1.807) is 0 Å². The fraction of sp³-hybridized carbons (Fsp3) is 0.250. The number of hydrogen-bond donors (Lipinski definition) is 1. The van der Waals surface area contributed by atoms with Gasteiger partial charge in [0.05, 0.1) is 7.11 Å². The molecule has 0 fully saturated rings. The molecule has 2 rings (SSSR count). The van der Waals surface area contributed by atoms with Gasteiger partial charge in [0, 0.05) is 6.54 Å². The number of benzene rings is 1. The van der Waals surface area contributed by atoms with Crippen molar-refractivity contribution < 1.29 is 18.3 Å². The van der Waals surface area contributed by atoms with Crippen molar-refractivity contribution in [2.45, 2.75) is 6.92 Å². The van der Waals surface area contributed by atoms with Gasteiger partial charge in [-0.1, -0.05) is 6.07 Å². The van der Waals surface area contributed by atoms with Crippen LogP contribution in [0.3, 0.4) is 0 Å². The minimum Gasteiger partial charge on any atom is -0.467 e. The zero-order valence-corrected chi connectivity index (χ0v) is 10.9. The minimum absolute atomic E-state index is 0.00256. The number of aromatic nitrogens is 3. The van der Waals surface area contributed by atoms with Crippen molar-refractivity contribution in [2.24, 2.45) is 0 Å². The number of rotatable bonds is 5. The Balaban J connectivity index is 2.32. The predicted molar refractivity (Wildman–Crippen MR) is 67.0 cm³/mol. The largest absolute Gasteiger partial charge is 0.467 e. The Kier molecular flexibility index (Phi) is 4.24. The topological polar surface area (TPSA) is 69.2 Å². The summed E-state index contributed by atoms with van der Waals surface area (Å²) in [6.07, 6.45) is 0. The first-order valence-electron chi connectivity index (χ1n) is 5.79. The second kappa shape index (κ2) is 6.09. The van der Waals surface area contributed by atoms with E-state index >= 15 is 0 Å². The van der Waals surface area contributed by atoms with Crippen LogP contribution in [-0.4, -0.2) is 28.6 Å². The molecule has 0 bridgehead atoms. The maximum absolute atomic E-state index is 13.5. The molecule has 1 N–H and O–H groups in total. The van der Waals surface area contributed by atoms with E-state index in [1.165, 1.54) is 19.2 Å². The molecule has 2 aromatic rings. The molecular formula is C12H12F2N4O2. The lowest BCUT2D eigenvalue weighted by Crippen LogP contribution is -2.06. The number of halogens is 2. The molecular weight excluding hydrogens is 270 g/mol. The van der Waals surface area contributed by atoms with Crippen molar-refractivity contribution >= 4 is 5.95 Å². The normalized spacial score (nSPS) is 10.2. The SMILES string of the molecule is CCNc1nc(OC)nc(Oc2cccc(F)c2F)n1. The fourth-order valence-electron chi connectivity index (χ4n) is 1.37. The average Bonchev–Trinajstić information content (AvgIpc) is 2.44. The van der Waals surface area contributed by atoms with Crippen LogP contribution in [0.25, 0.3) is 0 Å². The molecule has 0 saturated heterocycles. The summed E-state index contributed by atoms with van der Waals surface area (Å²) in [5.74, 6) is -2.24. The summed E-state index contributed by atoms with van der Waals surface area (Å²) in [6, 6.07) is 3.37. The molecule has 0 unspecified atom stereocenters. The zero-order valence-electron chi connectivity index (χ0n) is 10.9. The molecule has 0 spiro atoms. The van der Waals surface area contributed by atoms with Crippen LogP contribution in [0.4, 0.5) is 14.7 Å². The Bertz CT molecular complexity index is 610. The van der Waals surface area contributed by atoms with Crippen molar-refractivity contribution in [3.8, 4) is 17.8 Å². The van der Waals surface area contributed by atoms with Crippen molar-refractivity contribution in [1.82, 2.24) is 15.0 Å². The summed E-state index contributed by atoms with van der Waals surface area (Å²) >= 11 is 0. The van der Waals surface area contributed by atoms with Crippen molar-refractivity contribution in [1.29, 1.82) is 0 Å². The molecule has 8 heteroatoms. The van der Waals surface area contributed by atoms with Gasteiger partial charge in [-0.15, -0.1) is 4.98 Å². The minimum atomic E-state index is -1.11. The third-order valence-corrected chi connectivity index (χ3v) is 2.23. The third-order valence-electron chi connectivity index (χ3n) is 2.23. The van der Waals surface area contributed by atoms with E-state index in [0.29, 0.717) is 6.54 Å². The van der Waals surface area contributed by atoms with Gasteiger partial charge in [0.1, 0.15) is 0 Å². The van der Waals surface area contributed by atoms with Crippen LogP contribution < -0.4 is 14.8 Å². The molecule has 1 aromatic heterocycles. The van der Waals surface area contributed by atoms with Crippen molar-refractivity contribution in [2.75, 3.05) is 19.0 Å². The number of methoxy groups -OCH3 is 1. The maximum atomic E-state index is 13.5. The van der Waals surface area contributed by atoms with Gasteiger partial charge < -0.3 is 14.8 Å². The monoisotopic (exact) mass is 282 g/mol. The molecule has 0 amide bonds. The summed E-state index contributed by atoms with van der Waals surface area (Å²) in [7, 11) is 1.37. The molecule has 1 aromatic carbocycles. The first-order valence-corrected chi connectivity index (χ1v) is 5.79.